The van der Waals surface area contributed by atoms with Gasteiger partial charge in [-0.05, 0) is 11.5 Å². The van der Waals surface area contributed by atoms with E-state index in [9.17, 15) is 29.1 Å². The molecule has 0 bridgehead atoms. The first kappa shape index (κ1) is 28.9. The van der Waals surface area contributed by atoms with Crippen LogP contribution in [0.2, 0.25) is 0 Å². The molecule has 34 heavy (non-hydrogen) atoms. The third kappa shape index (κ3) is 9.40. The zero-order valence-corrected chi connectivity index (χ0v) is 20.0. The van der Waals surface area contributed by atoms with Gasteiger partial charge in [-0.25, -0.2) is 4.79 Å². The number of carbonyl (C=O) groups excluding carboxylic acids is 3. The number of carboxylic acid groups (broad SMARTS) is 2. The van der Waals surface area contributed by atoms with E-state index in [0.717, 1.165) is 5.56 Å². The number of nitrogens with one attached hydrogen (secondary N) is 3. The number of nitrogens with two attached hydrogens (primary N) is 1. The summed E-state index contributed by atoms with van der Waals surface area (Å²) >= 11 is 4.04. The Morgan fingerprint density at radius 1 is 0.941 bits per heavy atom. The standard InChI is InChI=1S/C22H32N4O7S/c1-3-12(2)18(21(31)24-15(22(32)33)9-13-7-5-4-6-8-13)26-20(30)16(11-34)25-19(29)14(23)10-17(27)28/h4-8,12,14-16,18,34H,3,9-11,23H2,1-2H3,(H,24,31)(H,25,29)(H,26,30)(H,27,28)(H,32,33). The van der Waals surface area contributed by atoms with Gasteiger partial charge in [0, 0.05) is 12.2 Å². The van der Waals surface area contributed by atoms with Crippen LogP contribution in [0.1, 0.15) is 32.3 Å². The predicted octanol–water partition coefficient (Wildman–Crippen LogP) is -0.454. The van der Waals surface area contributed by atoms with Gasteiger partial charge in [0.25, 0.3) is 0 Å². The summed E-state index contributed by atoms with van der Waals surface area (Å²) in [6.45, 7) is 3.52. The van der Waals surface area contributed by atoms with Crippen LogP contribution in [-0.2, 0) is 30.4 Å². The first-order chi connectivity index (χ1) is 16.0. The summed E-state index contributed by atoms with van der Waals surface area (Å²) in [5.41, 5.74) is 6.24. The maximum atomic E-state index is 13.0. The van der Waals surface area contributed by atoms with Gasteiger partial charge < -0.3 is 31.9 Å². The lowest BCUT2D eigenvalue weighted by atomic mass is 9.97. The van der Waals surface area contributed by atoms with Gasteiger partial charge in [0.2, 0.25) is 17.7 Å². The van der Waals surface area contributed by atoms with Gasteiger partial charge in [0.15, 0.2) is 0 Å². The van der Waals surface area contributed by atoms with Crippen LogP contribution < -0.4 is 21.7 Å². The number of rotatable bonds is 14. The lowest BCUT2D eigenvalue weighted by molar-refractivity contribution is -0.142. The van der Waals surface area contributed by atoms with Crippen molar-refractivity contribution >= 4 is 42.3 Å². The van der Waals surface area contributed by atoms with Crippen LogP contribution in [0.25, 0.3) is 0 Å². The maximum absolute atomic E-state index is 13.0. The Kier molecular flexibility index (Phi) is 12.1. The minimum absolute atomic E-state index is 0.0554. The molecule has 12 heteroatoms. The molecule has 1 aromatic rings. The molecular formula is C22H32N4O7S. The second-order valence-electron chi connectivity index (χ2n) is 7.91. The maximum Gasteiger partial charge on any atom is 0.326 e. The lowest BCUT2D eigenvalue weighted by Crippen LogP contribution is -2.59. The minimum atomic E-state index is -1.37. The first-order valence-corrected chi connectivity index (χ1v) is 11.4. The molecule has 7 N–H and O–H groups in total. The van der Waals surface area contributed by atoms with E-state index in [-0.39, 0.29) is 18.1 Å². The summed E-state index contributed by atoms with van der Waals surface area (Å²) in [5.74, 6) is -5.27. The number of carboxylic acids is 2. The molecule has 0 radical (unpaired) electrons. The Morgan fingerprint density at radius 3 is 2.03 bits per heavy atom. The fraction of sp³-hybridized carbons (Fsp3) is 0.500. The van der Waals surface area contributed by atoms with Crippen LogP contribution in [0, 0.1) is 5.92 Å². The van der Waals surface area contributed by atoms with Gasteiger partial charge in [-0.2, -0.15) is 12.6 Å². The third-order valence-corrected chi connectivity index (χ3v) is 5.60. The largest absolute Gasteiger partial charge is 0.481 e. The number of hydrogen-bond donors (Lipinski definition) is 7. The molecule has 0 aliphatic rings. The van der Waals surface area contributed by atoms with E-state index in [4.69, 9.17) is 10.8 Å². The molecule has 0 saturated heterocycles. The minimum Gasteiger partial charge on any atom is -0.481 e. The molecule has 3 amide bonds. The van der Waals surface area contributed by atoms with Crippen molar-refractivity contribution in [1.29, 1.82) is 0 Å². The second kappa shape index (κ2) is 14.2. The van der Waals surface area contributed by atoms with E-state index in [1.54, 1.807) is 44.2 Å². The highest BCUT2D eigenvalue weighted by Gasteiger charge is 2.32. The fourth-order valence-corrected chi connectivity index (χ4v) is 3.28. The van der Waals surface area contributed by atoms with E-state index in [1.165, 1.54) is 0 Å². The van der Waals surface area contributed by atoms with Crippen LogP contribution in [0.15, 0.2) is 30.3 Å². The number of hydrogen-bond acceptors (Lipinski definition) is 7. The Morgan fingerprint density at radius 2 is 1.53 bits per heavy atom. The summed E-state index contributed by atoms with van der Waals surface area (Å²) < 4.78 is 0. The summed E-state index contributed by atoms with van der Waals surface area (Å²) in [6, 6.07) is 3.94. The van der Waals surface area contributed by atoms with Crippen LogP contribution in [-0.4, -0.2) is 69.8 Å². The van der Waals surface area contributed by atoms with Crippen molar-refractivity contribution in [2.45, 2.75) is 57.3 Å². The molecule has 5 atom stereocenters. The van der Waals surface area contributed by atoms with Crippen LogP contribution >= 0.6 is 12.6 Å². The third-order valence-electron chi connectivity index (χ3n) is 5.24. The van der Waals surface area contributed by atoms with E-state index in [2.05, 4.69) is 28.6 Å². The van der Waals surface area contributed by atoms with Gasteiger partial charge in [-0.1, -0.05) is 50.6 Å². The molecule has 188 valence electrons. The Bertz CT molecular complexity index is 868. The molecule has 0 fully saturated rings. The monoisotopic (exact) mass is 496 g/mol. The van der Waals surface area contributed by atoms with Crippen molar-refractivity contribution in [2.75, 3.05) is 5.75 Å². The highest BCUT2D eigenvalue weighted by molar-refractivity contribution is 7.80. The number of amides is 3. The number of benzene rings is 1. The van der Waals surface area contributed by atoms with Crippen LogP contribution in [0.3, 0.4) is 0 Å². The molecule has 11 nitrogen and oxygen atoms in total. The predicted molar refractivity (Wildman–Crippen MR) is 127 cm³/mol. The van der Waals surface area contributed by atoms with Crippen molar-refractivity contribution in [2.24, 2.45) is 11.7 Å². The van der Waals surface area contributed by atoms with Gasteiger partial charge in [-0.15, -0.1) is 0 Å². The number of carbonyl (C=O) groups is 5. The topological polar surface area (TPSA) is 188 Å². The van der Waals surface area contributed by atoms with Crippen molar-refractivity contribution in [3.8, 4) is 0 Å². The Labute approximate surface area is 203 Å². The average Bonchev–Trinajstić information content (AvgIpc) is 2.79. The van der Waals surface area contributed by atoms with Crippen molar-refractivity contribution in [3.05, 3.63) is 35.9 Å². The zero-order chi connectivity index (χ0) is 25.8. The summed E-state index contributed by atoms with van der Waals surface area (Å²) in [7, 11) is 0. The van der Waals surface area contributed by atoms with Gasteiger partial charge in [0.05, 0.1) is 12.5 Å². The van der Waals surface area contributed by atoms with E-state index < -0.39 is 60.2 Å². The SMILES string of the molecule is CCC(C)C(NC(=O)C(CS)NC(=O)C(N)CC(=O)O)C(=O)NC(Cc1ccccc1)C(=O)O. The number of thiol groups is 1. The van der Waals surface area contributed by atoms with Crippen LogP contribution in [0.5, 0.6) is 0 Å². The van der Waals surface area contributed by atoms with Crippen molar-refractivity contribution in [3.63, 3.8) is 0 Å². The molecule has 0 heterocycles. The summed E-state index contributed by atoms with van der Waals surface area (Å²) in [6.07, 6.45) is -0.0707. The van der Waals surface area contributed by atoms with Gasteiger partial charge in [0.1, 0.15) is 18.1 Å². The van der Waals surface area contributed by atoms with E-state index >= 15 is 0 Å². The van der Waals surface area contributed by atoms with Crippen molar-refractivity contribution in [1.82, 2.24) is 16.0 Å². The molecule has 0 aliphatic carbocycles. The number of aliphatic carboxylic acids is 2. The first-order valence-electron chi connectivity index (χ1n) is 10.8. The van der Waals surface area contributed by atoms with E-state index in [0.29, 0.717) is 6.42 Å². The smallest absolute Gasteiger partial charge is 0.326 e. The second-order valence-corrected chi connectivity index (χ2v) is 8.27. The lowest BCUT2D eigenvalue weighted by Gasteiger charge is -2.27. The van der Waals surface area contributed by atoms with Gasteiger partial charge in [-0.3, -0.25) is 19.2 Å². The molecule has 1 rings (SSSR count). The Hall–Kier alpha value is -3.12. The highest BCUT2D eigenvalue weighted by Crippen LogP contribution is 2.11. The molecular weight excluding hydrogens is 464 g/mol. The van der Waals surface area contributed by atoms with Crippen LogP contribution in [0.4, 0.5) is 0 Å². The normalized spacial score (nSPS) is 15.2. The molecule has 0 saturated carbocycles. The molecule has 0 aromatic heterocycles. The quantitative estimate of drug-likeness (QED) is 0.169. The van der Waals surface area contributed by atoms with Gasteiger partial charge >= 0.3 is 11.9 Å². The zero-order valence-electron chi connectivity index (χ0n) is 19.1. The molecule has 5 unspecified atom stereocenters. The van der Waals surface area contributed by atoms with Crippen molar-refractivity contribution < 1.29 is 34.2 Å². The average molecular weight is 497 g/mol. The van der Waals surface area contributed by atoms with E-state index in [1.807, 2.05) is 0 Å². The summed E-state index contributed by atoms with van der Waals surface area (Å²) in [5, 5.41) is 25.7. The summed E-state index contributed by atoms with van der Waals surface area (Å²) in [4.78, 5) is 60.3. The Balaban J connectivity index is 2.92. The fourth-order valence-electron chi connectivity index (χ4n) is 3.02. The molecule has 0 spiro atoms. The highest BCUT2D eigenvalue weighted by atomic mass is 32.1. The molecule has 0 aliphatic heterocycles. The molecule has 1 aromatic carbocycles.